The molecule has 6 nitrogen and oxygen atoms in total. The fraction of sp³-hybridized carbons (Fsp3) is 0.211. The largest absolute Gasteiger partial charge is 0.462 e. The molecule has 0 unspecified atom stereocenters. The minimum absolute atomic E-state index is 0.171. The number of hydrogen-bond donors (Lipinski definition) is 1. The normalized spacial score (nSPS) is 9.84. The highest BCUT2D eigenvalue weighted by atomic mass is 16.6. The van der Waals surface area contributed by atoms with Crippen molar-refractivity contribution in [2.45, 2.75) is 13.8 Å². The Morgan fingerprint density at radius 1 is 1.04 bits per heavy atom. The van der Waals surface area contributed by atoms with Crippen molar-refractivity contribution in [3.05, 3.63) is 60.4 Å². The van der Waals surface area contributed by atoms with Crippen molar-refractivity contribution in [2.24, 2.45) is 0 Å². The summed E-state index contributed by atoms with van der Waals surface area (Å²) in [5.74, 6) is -1.45. The highest BCUT2D eigenvalue weighted by Crippen LogP contribution is 2.20. The molecule has 0 fully saturated rings. The number of ether oxygens (including phenoxy) is 2. The predicted octanol–water partition coefficient (Wildman–Crippen LogP) is 3.17. The first-order valence-corrected chi connectivity index (χ1v) is 7.98. The van der Waals surface area contributed by atoms with Gasteiger partial charge >= 0.3 is 11.9 Å². The Kier molecular flexibility index (Phi) is 6.71. The van der Waals surface area contributed by atoms with Gasteiger partial charge in [-0.2, -0.15) is 0 Å². The number of nitrogens with zero attached hydrogens (tertiary/aromatic N) is 1. The molecule has 1 heterocycles. The molecule has 0 atom stereocenters. The molecule has 0 bridgehead atoms. The minimum atomic E-state index is -0.727. The number of carbonyl (C=O) groups excluding carboxylic acids is 2. The molecular weight excluding hydrogens is 320 g/mol. The van der Waals surface area contributed by atoms with Gasteiger partial charge in [0.15, 0.2) is 5.57 Å². The molecule has 0 amide bonds. The Morgan fingerprint density at radius 3 is 2.36 bits per heavy atom. The fourth-order valence-corrected chi connectivity index (χ4v) is 2.08. The number of aromatic nitrogens is 1. The van der Waals surface area contributed by atoms with E-state index in [-0.39, 0.29) is 18.8 Å². The summed E-state index contributed by atoms with van der Waals surface area (Å²) in [4.78, 5) is 28.2. The van der Waals surface area contributed by atoms with E-state index in [9.17, 15) is 9.59 Å². The molecule has 2 rings (SSSR count). The third-order valence-electron chi connectivity index (χ3n) is 3.20. The van der Waals surface area contributed by atoms with Gasteiger partial charge in [-0.1, -0.05) is 18.2 Å². The van der Waals surface area contributed by atoms with Gasteiger partial charge < -0.3 is 14.8 Å². The molecule has 0 aliphatic carbocycles. The third kappa shape index (κ3) is 5.17. The zero-order valence-corrected chi connectivity index (χ0v) is 14.2. The second kappa shape index (κ2) is 9.22. The van der Waals surface area contributed by atoms with Crippen LogP contribution < -0.4 is 5.32 Å². The summed E-state index contributed by atoms with van der Waals surface area (Å²) in [7, 11) is 0. The molecule has 0 aliphatic heterocycles. The van der Waals surface area contributed by atoms with E-state index >= 15 is 0 Å². The predicted molar refractivity (Wildman–Crippen MR) is 94.6 cm³/mol. The maximum absolute atomic E-state index is 11.9. The minimum Gasteiger partial charge on any atom is -0.462 e. The van der Waals surface area contributed by atoms with Crippen molar-refractivity contribution in [3.8, 4) is 11.3 Å². The summed E-state index contributed by atoms with van der Waals surface area (Å²) >= 11 is 0. The van der Waals surface area contributed by atoms with Gasteiger partial charge in [0.2, 0.25) is 0 Å². The molecule has 6 heteroatoms. The summed E-state index contributed by atoms with van der Waals surface area (Å²) in [5.41, 5.74) is 2.25. The standard InChI is InChI=1S/C19H20N2O4/c1-3-24-18(22)16(19(23)25-4-2)13-21-15-9-7-8-14(12-15)17-10-5-6-11-20-17/h5-13,21H,3-4H2,1-2H3. The monoisotopic (exact) mass is 340 g/mol. The van der Waals surface area contributed by atoms with Crippen molar-refractivity contribution in [3.63, 3.8) is 0 Å². The number of benzene rings is 1. The number of esters is 2. The maximum Gasteiger partial charge on any atom is 0.347 e. The average Bonchev–Trinajstić information content (AvgIpc) is 2.63. The molecule has 0 saturated carbocycles. The molecule has 0 spiro atoms. The number of anilines is 1. The first-order chi connectivity index (χ1) is 12.2. The third-order valence-corrected chi connectivity index (χ3v) is 3.20. The molecule has 1 aromatic heterocycles. The summed E-state index contributed by atoms with van der Waals surface area (Å²) < 4.78 is 9.79. The van der Waals surface area contributed by atoms with Crippen molar-refractivity contribution in [1.29, 1.82) is 0 Å². The fourth-order valence-electron chi connectivity index (χ4n) is 2.08. The molecule has 1 aromatic carbocycles. The molecule has 2 aromatic rings. The van der Waals surface area contributed by atoms with Crippen LogP contribution in [0.3, 0.4) is 0 Å². The quantitative estimate of drug-likeness (QED) is 0.361. The van der Waals surface area contributed by atoms with E-state index in [2.05, 4.69) is 10.3 Å². The number of nitrogens with one attached hydrogen (secondary N) is 1. The molecule has 0 saturated heterocycles. The van der Waals surface area contributed by atoms with Crippen LogP contribution in [-0.2, 0) is 19.1 Å². The van der Waals surface area contributed by atoms with E-state index in [0.29, 0.717) is 5.69 Å². The highest BCUT2D eigenvalue weighted by molar-refractivity contribution is 6.14. The van der Waals surface area contributed by atoms with Gasteiger partial charge in [-0.25, -0.2) is 9.59 Å². The molecular formula is C19H20N2O4. The summed E-state index contributed by atoms with van der Waals surface area (Å²) in [6.07, 6.45) is 3.02. The van der Waals surface area contributed by atoms with Crippen molar-refractivity contribution >= 4 is 17.6 Å². The van der Waals surface area contributed by atoms with Gasteiger partial charge in [-0.15, -0.1) is 0 Å². The number of carbonyl (C=O) groups is 2. The van der Waals surface area contributed by atoms with E-state index in [1.807, 2.05) is 42.5 Å². The van der Waals surface area contributed by atoms with Crippen molar-refractivity contribution in [1.82, 2.24) is 4.98 Å². The maximum atomic E-state index is 11.9. The van der Waals surface area contributed by atoms with Crippen LogP contribution in [0.2, 0.25) is 0 Å². The van der Waals surface area contributed by atoms with Gasteiger partial charge in [0.05, 0.1) is 18.9 Å². The van der Waals surface area contributed by atoms with E-state index in [1.165, 1.54) is 6.20 Å². The van der Waals surface area contributed by atoms with Gasteiger partial charge in [0.25, 0.3) is 0 Å². The smallest absolute Gasteiger partial charge is 0.347 e. The van der Waals surface area contributed by atoms with Crippen molar-refractivity contribution in [2.75, 3.05) is 18.5 Å². The number of hydrogen-bond acceptors (Lipinski definition) is 6. The summed E-state index contributed by atoms with van der Waals surface area (Å²) in [6.45, 7) is 3.68. The highest BCUT2D eigenvalue weighted by Gasteiger charge is 2.20. The summed E-state index contributed by atoms with van der Waals surface area (Å²) in [5, 5.41) is 2.94. The Bertz CT molecular complexity index is 737. The Morgan fingerprint density at radius 2 is 1.76 bits per heavy atom. The zero-order valence-electron chi connectivity index (χ0n) is 14.2. The second-order valence-electron chi connectivity index (χ2n) is 4.94. The van der Waals surface area contributed by atoms with E-state index in [1.54, 1.807) is 20.0 Å². The van der Waals surface area contributed by atoms with Gasteiger partial charge in [-0.3, -0.25) is 4.98 Å². The van der Waals surface area contributed by atoms with Crippen LogP contribution in [-0.4, -0.2) is 30.1 Å². The van der Waals surface area contributed by atoms with Crippen LogP contribution in [0.1, 0.15) is 13.8 Å². The zero-order chi connectivity index (χ0) is 18.1. The average molecular weight is 340 g/mol. The van der Waals surface area contributed by atoms with Gasteiger partial charge in [-0.05, 0) is 38.1 Å². The summed E-state index contributed by atoms with van der Waals surface area (Å²) in [6, 6.07) is 13.1. The Balaban J connectivity index is 2.22. The first kappa shape index (κ1) is 18.2. The lowest BCUT2D eigenvalue weighted by molar-refractivity contribution is -0.146. The van der Waals surface area contributed by atoms with E-state index in [4.69, 9.17) is 9.47 Å². The topological polar surface area (TPSA) is 77.5 Å². The second-order valence-corrected chi connectivity index (χ2v) is 4.94. The van der Waals surface area contributed by atoms with Crippen LogP contribution in [0, 0.1) is 0 Å². The number of pyridine rings is 1. The van der Waals surface area contributed by atoms with Crippen molar-refractivity contribution < 1.29 is 19.1 Å². The molecule has 0 radical (unpaired) electrons. The molecule has 25 heavy (non-hydrogen) atoms. The Hall–Kier alpha value is -3.15. The SMILES string of the molecule is CCOC(=O)C(=CNc1cccc(-c2ccccn2)c1)C(=O)OCC. The molecule has 0 aliphatic rings. The van der Waals surface area contributed by atoms with Gasteiger partial charge in [0.1, 0.15) is 0 Å². The molecule has 130 valence electrons. The van der Waals surface area contributed by atoms with Crippen LogP contribution >= 0.6 is 0 Å². The lowest BCUT2D eigenvalue weighted by Crippen LogP contribution is -2.19. The van der Waals surface area contributed by atoms with Crippen LogP contribution in [0.5, 0.6) is 0 Å². The van der Waals surface area contributed by atoms with E-state index < -0.39 is 11.9 Å². The lowest BCUT2D eigenvalue weighted by atomic mass is 10.1. The first-order valence-electron chi connectivity index (χ1n) is 7.98. The molecule has 1 N–H and O–H groups in total. The lowest BCUT2D eigenvalue weighted by Gasteiger charge is -2.08. The number of rotatable bonds is 7. The van der Waals surface area contributed by atoms with Gasteiger partial charge in [0, 0.05) is 23.6 Å². The van der Waals surface area contributed by atoms with Crippen LogP contribution in [0.15, 0.2) is 60.4 Å². The van der Waals surface area contributed by atoms with E-state index in [0.717, 1.165) is 11.3 Å². The van der Waals surface area contributed by atoms with Crippen LogP contribution in [0.4, 0.5) is 5.69 Å². The Labute approximate surface area is 146 Å². The van der Waals surface area contributed by atoms with Crippen LogP contribution in [0.25, 0.3) is 11.3 Å².